The van der Waals surface area contributed by atoms with Gasteiger partial charge >= 0.3 is 0 Å². The van der Waals surface area contributed by atoms with Crippen molar-refractivity contribution in [2.45, 2.75) is 44.0 Å². The van der Waals surface area contributed by atoms with E-state index >= 15 is 0 Å². The fourth-order valence-electron chi connectivity index (χ4n) is 1.91. The second-order valence-electron chi connectivity index (χ2n) is 5.00. The Labute approximate surface area is 117 Å². The van der Waals surface area contributed by atoms with Crippen LogP contribution in [0.15, 0.2) is 4.90 Å². The minimum atomic E-state index is -0.00258. The van der Waals surface area contributed by atoms with E-state index in [0.29, 0.717) is 11.7 Å². The van der Waals surface area contributed by atoms with Gasteiger partial charge in [-0.3, -0.25) is 4.79 Å². The highest BCUT2D eigenvalue weighted by molar-refractivity contribution is 7.99. The van der Waals surface area contributed by atoms with Crippen molar-refractivity contribution in [2.75, 3.05) is 17.3 Å². The summed E-state index contributed by atoms with van der Waals surface area (Å²) in [4.78, 5) is 13.9. The Kier molecular flexibility index (Phi) is 4.22. The van der Waals surface area contributed by atoms with E-state index in [2.05, 4.69) is 5.32 Å². The van der Waals surface area contributed by atoms with Gasteiger partial charge in [-0.25, -0.2) is 0 Å². The van der Waals surface area contributed by atoms with E-state index in [1.807, 2.05) is 20.1 Å². The summed E-state index contributed by atoms with van der Waals surface area (Å²) in [6.45, 7) is 3.83. The van der Waals surface area contributed by atoms with Gasteiger partial charge in [0.25, 0.3) is 0 Å². The summed E-state index contributed by atoms with van der Waals surface area (Å²) in [5.41, 5.74) is 6.78. The quantitative estimate of drug-likeness (QED) is 0.637. The molecular weight excluding hydrogens is 264 g/mol. The molecule has 0 unspecified atom stereocenters. The van der Waals surface area contributed by atoms with Crippen molar-refractivity contribution in [3.05, 3.63) is 4.88 Å². The van der Waals surface area contributed by atoms with Crippen molar-refractivity contribution < 1.29 is 4.79 Å². The molecule has 0 amide bonds. The van der Waals surface area contributed by atoms with Crippen molar-refractivity contribution in [1.82, 2.24) is 0 Å². The van der Waals surface area contributed by atoms with E-state index < -0.39 is 0 Å². The van der Waals surface area contributed by atoms with Crippen LogP contribution in [0.25, 0.3) is 0 Å². The molecule has 3 nitrogen and oxygen atoms in total. The lowest BCUT2D eigenvalue weighted by molar-refractivity contribution is 0.0944. The largest absolute Gasteiger partial charge is 0.396 e. The first kappa shape index (κ1) is 13.7. The molecule has 0 aromatic carbocycles. The fourth-order valence-corrected chi connectivity index (χ4v) is 4.10. The van der Waals surface area contributed by atoms with Crippen LogP contribution >= 0.6 is 23.1 Å². The fraction of sp³-hybridized carbons (Fsp3) is 0.615. The van der Waals surface area contributed by atoms with Gasteiger partial charge in [0.05, 0.1) is 15.5 Å². The van der Waals surface area contributed by atoms with Crippen molar-refractivity contribution in [3.63, 3.8) is 0 Å². The van der Waals surface area contributed by atoms with Gasteiger partial charge in [-0.1, -0.05) is 13.8 Å². The molecule has 0 bridgehead atoms. The van der Waals surface area contributed by atoms with Crippen LogP contribution < -0.4 is 11.1 Å². The van der Waals surface area contributed by atoms with Crippen LogP contribution in [0.4, 0.5) is 10.7 Å². The molecule has 1 aromatic rings. The molecular formula is C13H20N2OS2. The number of thioether (sulfide) groups is 1. The number of hydrogen-bond acceptors (Lipinski definition) is 5. The molecule has 1 aliphatic carbocycles. The van der Waals surface area contributed by atoms with E-state index in [9.17, 15) is 4.79 Å². The Morgan fingerprint density at radius 2 is 2.17 bits per heavy atom. The van der Waals surface area contributed by atoms with Crippen molar-refractivity contribution in [3.8, 4) is 0 Å². The number of nitrogens with one attached hydrogen (secondary N) is 1. The lowest BCUT2D eigenvalue weighted by atomic mass is 9.93. The predicted octanol–water partition coefficient (Wildman–Crippen LogP) is 3.86. The third kappa shape index (κ3) is 2.52. The number of carbonyl (C=O) groups excluding carboxylic acids is 1. The minimum absolute atomic E-state index is 0.00258. The Balaban J connectivity index is 2.28. The van der Waals surface area contributed by atoms with Gasteiger partial charge in [-0.05, 0) is 25.5 Å². The zero-order valence-corrected chi connectivity index (χ0v) is 12.7. The van der Waals surface area contributed by atoms with Crippen molar-refractivity contribution in [1.29, 1.82) is 0 Å². The summed E-state index contributed by atoms with van der Waals surface area (Å²) in [7, 11) is 0. The summed E-state index contributed by atoms with van der Waals surface area (Å²) < 4.78 is 0. The summed E-state index contributed by atoms with van der Waals surface area (Å²) in [6.07, 6.45) is 5.75. The Morgan fingerprint density at radius 1 is 1.50 bits per heavy atom. The van der Waals surface area contributed by atoms with Crippen LogP contribution in [0.5, 0.6) is 0 Å². The number of nitrogens with two attached hydrogens (primary N) is 1. The Morgan fingerprint density at radius 3 is 2.61 bits per heavy atom. The highest BCUT2D eigenvalue weighted by Gasteiger charge is 2.25. The first-order valence-corrected chi connectivity index (χ1v) is 8.35. The zero-order chi connectivity index (χ0) is 13.3. The smallest absolute Gasteiger partial charge is 0.177 e. The van der Waals surface area contributed by atoms with Gasteiger partial charge in [-0.2, -0.15) is 0 Å². The van der Waals surface area contributed by atoms with Crippen LogP contribution in [0.1, 0.15) is 42.8 Å². The number of ketones is 1. The first-order chi connectivity index (χ1) is 8.54. The van der Waals surface area contributed by atoms with Crippen LogP contribution in [0.2, 0.25) is 0 Å². The molecule has 0 radical (unpaired) electrons. The summed E-state index contributed by atoms with van der Waals surface area (Å²) in [5.74, 6) is 0.145. The van der Waals surface area contributed by atoms with E-state index in [1.165, 1.54) is 30.6 Å². The lowest BCUT2D eigenvalue weighted by Gasteiger charge is -2.27. The molecule has 1 fully saturated rings. The third-order valence-corrected chi connectivity index (χ3v) is 5.41. The second-order valence-corrected chi connectivity index (χ2v) is 6.84. The van der Waals surface area contributed by atoms with Gasteiger partial charge in [0.2, 0.25) is 0 Å². The van der Waals surface area contributed by atoms with E-state index in [0.717, 1.165) is 14.8 Å². The normalized spacial score (nSPS) is 15.8. The highest BCUT2D eigenvalue weighted by Crippen LogP contribution is 2.43. The van der Waals surface area contributed by atoms with Gasteiger partial charge in [0.1, 0.15) is 5.00 Å². The maximum atomic E-state index is 12.1. The number of hydrogen-bond donors (Lipinski definition) is 2. The molecule has 18 heavy (non-hydrogen) atoms. The van der Waals surface area contributed by atoms with E-state index in [4.69, 9.17) is 5.73 Å². The monoisotopic (exact) mass is 284 g/mol. The van der Waals surface area contributed by atoms with E-state index in [1.54, 1.807) is 11.8 Å². The zero-order valence-electron chi connectivity index (χ0n) is 11.1. The number of carbonyl (C=O) groups is 1. The lowest BCUT2D eigenvalue weighted by Crippen LogP contribution is -2.26. The molecule has 3 N–H and O–H groups in total. The molecule has 1 saturated carbocycles. The van der Waals surface area contributed by atoms with Gasteiger partial charge < -0.3 is 11.1 Å². The molecule has 1 heterocycles. The maximum absolute atomic E-state index is 12.1. The third-order valence-electron chi connectivity index (χ3n) is 3.29. The number of nitrogen functional groups attached to an aromatic ring is 1. The highest BCUT2D eigenvalue weighted by atomic mass is 32.2. The van der Waals surface area contributed by atoms with Gasteiger partial charge in [0, 0.05) is 12.0 Å². The van der Waals surface area contributed by atoms with E-state index in [-0.39, 0.29) is 11.7 Å². The van der Waals surface area contributed by atoms with Gasteiger partial charge in [0.15, 0.2) is 5.78 Å². The molecule has 1 aromatic heterocycles. The van der Waals surface area contributed by atoms with Crippen molar-refractivity contribution >= 4 is 39.6 Å². The molecule has 0 atom stereocenters. The predicted molar refractivity (Wildman–Crippen MR) is 80.9 cm³/mol. The second kappa shape index (κ2) is 5.53. The summed E-state index contributed by atoms with van der Waals surface area (Å²) in [5, 5.41) is 4.60. The molecule has 2 rings (SSSR count). The average molecular weight is 284 g/mol. The standard InChI is InChI=1S/C13H20N2OS2/c1-7(2)10(16)11-9(14)12(17-3)13(18-11)15-8-5-4-6-8/h7-8,15H,4-6,14H2,1-3H3. The molecule has 0 aliphatic heterocycles. The first-order valence-electron chi connectivity index (χ1n) is 6.31. The SMILES string of the molecule is CSc1c(NC2CCC2)sc(C(=O)C(C)C)c1N. The number of thiophene rings is 1. The van der Waals surface area contributed by atoms with Crippen LogP contribution in [-0.2, 0) is 0 Å². The molecule has 1 aliphatic rings. The molecule has 5 heteroatoms. The number of Topliss-reactive ketones (excluding diaryl/α,β-unsaturated/α-hetero) is 1. The van der Waals surface area contributed by atoms with Crippen LogP contribution in [0, 0.1) is 5.92 Å². The molecule has 0 spiro atoms. The van der Waals surface area contributed by atoms with Crippen molar-refractivity contribution in [2.24, 2.45) is 5.92 Å². The number of anilines is 2. The minimum Gasteiger partial charge on any atom is -0.396 e. The summed E-state index contributed by atoms with van der Waals surface area (Å²) in [6, 6.07) is 0.566. The molecule has 0 saturated heterocycles. The molecule has 100 valence electrons. The van der Waals surface area contributed by atoms with Crippen LogP contribution in [0.3, 0.4) is 0 Å². The van der Waals surface area contributed by atoms with Crippen LogP contribution in [-0.4, -0.2) is 18.1 Å². The Bertz CT molecular complexity index is 450. The number of rotatable bonds is 5. The topological polar surface area (TPSA) is 55.1 Å². The summed E-state index contributed by atoms with van der Waals surface area (Å²) >= 11 is 3.14. The Hall–Kier alpha value is -0.680. The van der Waals surface area contributed by atoms with Gasteiger partial charge in [-0.15, -0.1) is 23.1 Å². The maximum Gasteiger partial charge on any atom is 0.177 e. The average Bonchev–Trinajstić information content (AvgIpc) is 2.59.